The topological polar surface area (TPSA) is 29.5 Å². The van der Waals surface area contributed by atoms with Crippen molar-refractivity contribution < 1.29 is 9.53 Å². The summed E-state index contributed by atoms with van der Waals surface area (Å²) < 4.78 is 5.32. The maximum absolute atomic E-state index is 11.8. The molecule has 118 valence electrons. The Balaban J connectivity index is 0.000000422. The van der Waals surface area contributed by atoms with Crippen molar-refractivity contribution in [1.82, 2.24) is 0 Å². The number of rotatable bonds is 5. The van der Waals surface area contributed by atoms with E-state index in [1.165, 1.54) is 23.6 Å². The van der Waals surface area contributed by atoms with Crippen LogP contribution in [0.2, 0.25) is 5.09 Å². The van der Waals surface area contributed by atoms with Gasteiger partial charge in [0.1, 0.15) is 0 Å². The van der Waals surface area contributed by atoms with E-state index >= 15 is 0 Å². The maximum atomic E-state index is 11.8. The summed E-state index contributed by atoms with van der Waals surface area (Å²) in [5, 5.41) is 1.34. The van der Waals surface area contributed by atoms with Crippen molar-refractivity contribution in [3.8, 4) is 0 Å². The molecule has 0 saturated carbocycles. The van der Waals surface area contributed by atoms with E-state index in [-0.39, 0.29) is 11.7 Å². The van der Waals surface area contributed by atoms with Crippen molar-refractivity contribution in [2.45, 2.75) is 38.7 Å². The molecule has 0 radical (unpaired) electrons. The molecule has 3 nitrogen and oxygen atoms in total. The molecule has 0 amide bonds. The van der Waals surface area contributed by atoms with Crippen molar-refractivity contribution in [2.75, 3.05) is 31.2 Å². The fourth-order valence-corrected chi connectivity index (χ4v) is 2.34. The van der Waals surface area contributed by atoms with Gasteiger partial charge in [-0.3, -0.25) is 4.79 Å². The second-order valence-corrected chi connectivity index (χ2v) is 6.02. The summed E-state index contributed by atoms with van der Waals surface area (Å²) in [7, 11) is 0. The van der Waals surface area contributed by atoms with Gasteiger partial charge in [0.05, 0.1) is 13.2 Å². The van der Waals surface area contributed by atoms with E-state index in [9.17, 15) is 4.79 Å². The second-order valence-electron chi connectivity index (χ2n) is 6.02. The third-order valence-electron chi connectivity index (χ3n) is 3.76. The van der Waals surface area contributed by atoms with Crippen molar-refractivity contribution in [3.05, 3.63) is 29.8 Å². The molecule has 1 heterocycles. The molecule has 0 bridgehead atoms. The Kier molecular flexibility index (Phi) is 9.55. The number of carbonyl (C=O) groups is 1. The van der Waals surface area contributed by atoms with Gasteiger partial charge in [0.15, 0.2) is 5.78 Å². The summed E-state index contributed by atoms with van der Waals surface area (Å²) in [6.07, 6.45) is 2.73. The molecular weight excluding hydrogens is 269 g/mol. The summed E-state index contributed by atoms with van der Waals surface area (Å²) in [5.41, 5.74) is 1.98. The van der Waals surface area contributed by atoms with E-state index in [2.05, 4.69) is 29.5 Å². The molecule has 0 aliphatic carbocycles. The Bertz CT molecular complexity index is 423. The summed E-state index contributed by atoms with van der Waals surface area (Å²) in [5.74, 6) is 0.266. The van der Waals surface area contributed by atoms with Gasteiger partial charge in [-0.05, 0) is 24.3 Å². The average Bonchev–Trinajstić information content (AvgIpc) is 2.56. The van der Waals surface area contributed by atoms with Gasteiger partial charge in [-0.15, -0.1) is 0 Å². The zero-order valence-corrected chi connectivity index (χ0v) is 14.6. The molecule has 1 aliphatic heterocycles. The molecule has 2 rings (SSSR count). The van der Waals surface area contributed by atoms with Crippen molar-refractivity contribution >= 4 is 29.2 Å². The van der Waals surface area contributed by atoms with Gasteiger partial charge in [0.2, 0.25) is 0 Å². The molecule has 1 fully saturated rings. The first-order chi connectivity index (χ1) is 10.6. The zero-order chi connectivity index (χ0) is 16.4. The molecule has 0 spiro atoms. The van der Waals surface area contributed by atoms with Crippen LogP contribution in [0.15, 0.2) is 24.3 Å². The number of ketones is 1. The predicted octanol–water partition coefficient (Wildman–Crippen LogP) is 3.74. The molecule has 1 saturated heterocycles. The Morgan fingerprint density at radius 2 is 1.82 bits per heavy atom. The normalized spacial score (nSPS) is 14.5. The Hall–Kier alpha value is -0.753. The fraction of sp³-hybridized carbons (Fsp3) is 0.611. The van der Waals surface area contributed by atoms with Crippen LogP contribution in [0.3, 0.4) is 0 Å². The SMILES string of the molecule is CC(C)C(=O)c1ccc(N2CCOCC2)cc1.[Li][CH2]CCC. The number of morpholine rings is 1. The van der Waals surface area contributed by atoms with Crippen LogP contribution in [0, 0.1) is 5.92 Å². The fourth-order valence-electron chi connectivity index (χ4n) is 2.34. The predicted molar refractivity (Wildman–Crippen MR) is 94.1 cm³/mol. The molecule has 0 atom stereocenters. The van der Waals surface area contributed by atoms with Crippen molar-refractivity contribution in [2.24, 2.45) is 5.92 Å². The van der Waals surface area contributed by atoms with Crippen LogP contribution >= 0.6 is 0 Å². The van der Waals surface area contributed by atoms with Gasteiger partial charge in [-0.1, -0.05) is 13.8 Å². The van der Waals surface area contributed by atoms with Crippen LogP contribution < -0.4 is 4.90 Å². The van der Waals surface area contributed by atoms with E-state index in [1.54, 1.807) is 0 Å². The number of hydrogen-bond acceptors (Lipinski definition) is 3. The first-order valence-corrected chi connectivity index (χ1v) is 8.57. The van der Waals surface area contributed by atoms with E-state index in [0.717, 1.165) is 31.9 Å². The molecular formula is C18H28LiNO2. The monoisotopic (exact) mass is 297 g/mol. The molecule has 0 N–H and O–H groups in total. The van der Waals surface area contributed by atoms with Gasteiger partial charge in [-0.25, -0.2) is 0 Å². The van der Waals surface area contributed by atoms with Crippen LogP contribution in [-0.2, 0) is 4.74 Å². The van der Waals surface area contributed by atoms with Crippen molar-refractivity contribution in [1.29, 1.82) is 0 Å². The standard InChI is InChI=1S/C14H19NO2.C4H9.Li/c1-11(2)14(16)12-3-5-13(6-4-12)15-7-9-17-10-8-15;1-3-4-2;/h3-6,11H,7-10H2,1-2H3;1,3-4H2,2H3;. The quantitative estimate of drug-likeness (QED) is 0.612. The van der Waals surface area contributed by atoms with Gasteiger partial charge in [0, 0.05) is 30.3 Å². The number of anilines is 1. The van der Waals surface area contributed by atoms with Gasteiger partial charge in [-0.2, -0.15) is 0 Å². The first-order valence-electron chi connectivity index (χ1n) is 8.57. The number of hydrogen-bond donors (Lipinski definition) is 0. The Labute approximate surface area is 144 Å². The van der Waals surface area contributed by atoms with Crippen LogP contribution in [0.25, 0.3) is 0 Å². The zero-order valence-electron chi connectivity index (χ0n) is 14.6. The number of benzene rings is 1. The van der Waals surface area contributed by atoms with Crippen LogP contribution in [0.1, 0.15) is 44.0 Å². The van der Waals surface area contributed by atoms with Gasteiger partial charge >= 0.3 is 42.6 Å². The van der Waals surface area contributed by atoms with Gasteiger partial charge in [0.25, 0.3) is 0 Å². The Morgan fingerprint density at radius 3 is 2.23 bits per heavy atom. The number of Topliss-reactive ketones (excluding diaryl/α,β-unsaturated/α-hetero) is 1. The molecule has 1 aromatic carbocycles. The minimum atomic E-state index is 0.0595. The van der Waals surface area contributed by atoms with Gasteiger partial charge < -0.3 is 9.64 Å². The Morgan fingerprint density at radius 1 is 1.23 bits per heavy atom. The van der Waals surface area contributed by atoms with Crippen LogP contribution in [0.5, 0.6) is 0 Å². The van der Waals surface area contributed by atoms with Crippen LogP contribution in [-0.4, -0.2) is 49.8 Å². The second kappa shape index (κ2) is 10.9. The van der Waals surface area contributed by atoms with Crippen molar-refractivity contribution in [3.63, 3.8) is 0 Å². The van der Waals surface area contributed by atoms with E-state index in [1.807, 2.05) is 38.1 Å². The van der Waals surface area contributed by atoms with E-state index in [4.69, 9.17) is 4.74 Å². The van der Waals surface area contributed by atoms with E-state index in [0.29, 0.717) is 0 Å². The van der Waals surface area contributed by atoms with Crippen LogP contribution in [0.4, 0.5) is 5.69 Å². The average molecular weight is 297 g/mol. The number of nitrogens with zero attached hydrogens (tertiary/aromatic N) is 1. The molecule has 1 aliphatic rings. The molecule has 4 heteroatoms. The molecule has 22 heavy (non-hydrogen) atoms. The summed E-state index contributed by atoms with van der Waals surface area (Å²) in [6, 6.07) is 7.90. The molecule has 0 aromatic heterocycles. The summed E-state index contributed by atoms with van der Waals surface area (Å²) in [4.78, 5) is 14.1. The van der Waals surface area contributed by atoms with E-state index < -0.39 is 0 Å². The number of carbonyl (C=O) groups excluding carboxylic acids is 1. The first kappa shape index (κ1) is 19.3. The third-order valence-corrected chi connectivity index (χ3v) is 3.76. The molecule has 0 unspecified atom stereocenters. The third kappa shape index (κ3) is 6.56. The minimum absolute atomic E-state index is 0.0595. The summed E-state index contributed by atoms with van der Waals surface area (Å²) in [6.45, 7) is 9.49. The summed E-state index contributed by atoms with van der Waals surface area (Å²) >= 11 is 2.21. The number of unbranched alkanes of at least 4 members (excludes halogenated alkanes) is 1. The molecule has 1 aromatic rings. The number of ether oxygens (including phenoxy) is 1.